The van der Waals surface area contributed by atoms with E-state index >= 15 is 0 Å². The third kappa shape index (κ3) is 7.67. The van der Waals surface area contributed by atoms with Crippen LogP contribution in [-0.2, 0) is 41.5 Å². The Morgan fingerprint density at radius 1 is 0.925 bits per heavy atom. The molecule has 40 heavy (non-hydrogen) atoms. The molecule has 3 amide bonds. The summed E-state index contributed by atoms with van der Waals surface area (Å²) in [5.74, 6) is -0.965. The zero-order valence-corrected chi connectivity index (χ0v) is 23.1. The fraction of sp³-hybridized carbons (Fsp3) is 0.467. The molecule has 0 unspecified atom stereocenters. The number of methoxy groups -OCH3 is 1. The fourth-order valence-corrected chi connectivity index (χ4v) is 4.61. The highest BCUT2D eigenvalue weighted by Gasteiger charge is 2.50. The first kappa shape index (κ1) is 29.2. The van der Waals surface area contributed by atoms with Gasteiger partial charge < -0.3 is 30.2 Å². The molecule has 2 heterocycles. The lowest BCUT2D eigenvalue weighted by Gasteiger charge is -2.25. The predicted molar refractivity (Wildman–Crippen MR) is 147 cm³/mol. The SMILES string of the molecule is COc1ccc(C[C@H](NC(=O)[C@H](C)NC(=O)[C@@H]2CCCO2)C(=O)N[C@@H](Cc2ccccc2)C(=O)[C@@]2(C)CO2)cc1. The van der Waals surface area contributed by atoms with Gasteiger partial charge in [0, 0.05) is 13.0 Å². The first-order valence-electron chi connectivity index (χ1n) is 13.6. The molecule has 2 saturated heterocycles. The minimum absolute atomic E-state index is 0.161. The normalized spacial score (nSPS) is 21.9. The molecule has 2 aliphatic heterocycles. The van der Waals surface area contributed by atoms with Gasteiger partial charge >= 0.3 is 0 Å². The molecule has 2 aromatic carbocycles. The van der Waals surface area contributed by atoms with Crippen molar-refractivity contribution in [2.24, 2.45) is 0 Å². The highest BCUT2D eigenvalue weighted by atomic mass is 16.6. The van der Waals surface area contributed by atoms with Crippen LogP contribution >= 0.6 is 0 Å². The third-order valence-corrected chi connectivity index (χ3v) is 7.22. The van der Waals surface area contributed by atoms with E-state index in [1.165, 1.54) is 0 Å². The predicted octanol–water partition coefficient (Wildman–Crippen LogP) is 1.49. The molecule has 10 heteroatoms. The van der Waals surface area contributed by atoms with Gasteiger partial charge in [-0.2, -0.15) is 0 Å². The number of carbonyl (C=O) groups excluding carboxylic acids is 4. The van der Waals surface area contributed by atoms with Crippen molar-refractivity contribution in [2.75, 3.05) is 20.3 Å². The van der Waals surface area contributed by atoms with Crippen molar-refractivity contribution in [2.45, 2.75) is 69.4 Å². The minimum atomic E-state index is -1.01. The molecule has 0 radical (unpaired) electrons. The van der Waals surface area contributed by atoms with Crippen LogP contribution in [0.15, 0.2) is 54.6 Å². The van der Waals surface area contributed by atoms with E-state index in [9.17, 15) is 19.2 Å². The van der Waals surface area contributed by atoms with E-state index < -0.39 is 41.6 Å². The summed E-state index contributed by atoms with van der Waals surface area (Å²) in [6.07, 6.45) is 1.25. The Labute approximate surface area is 234 Å². The molecule has 2 aromatic rings. The lowest BCUT2D eigenvalue weighted by molar-refractivity contribution is -0.136. The van der Waals surface area contributed by atoms with E-state index in [2.05, 4.69) is 16.0 Å². The number of hydrogen-bond donors (Lipinski definition) is 3. The van der Waals surface area contributed by atoms with Crippen molar-refractivity contribution < 1.29 is 33.4 Å². The Balaban J connectivity index is 1.50. The van der Waals surface area contributed by atoms with Crippen LogP contribution in [0.25, 0.3) is 0 Å². The van der Waals surface area contributed by atoms with E-state index in [0.29, 0.717) is 25.4 Å². The van der Waals surface area contributed by atoms with Gasteiger partial charge in [0.15, 0.2) is 5.78 Å². The van der Waals surface area contributed by atoms with Crippen LogP contribution in [-0.4, -0.2) is 73.7 Å². The summed E-state index contributed by atoms with van der Waals surface area (Å²) >= 11 is 0. The quantitative estimate of drug-likeness (QED) is 0.321. The van der Waals surface area contributed by atoms with Gasteiger partial charge in [0.1, 0.15) is 29.5 Å². The minimum Gasteiger partial charge on any atom is -0.497 e. The zero-order chi connectivity index (χ0) is 28.7. The molecule has 3 N–H and O–H groups in total. The average molecular weight is 552 g/mol. The van der Waals surface area contributed by atoms with E-state index in [4.69, 9.17) is 14.2 Å². The van der Waals surface area contributed by atoms with Crippen LogP contribution < -0.4 is 20.7 Å². The van der Waals surface area contributed by atoms with Gasteiger partial charge in [-0.05, 0) is 56.4 Å². The van der Waals surface area contributed by atoms with E-state index in [1.807, 2.05) is 30.3 Å². The maximum Gasteiger partial charge on any atom is 0.249 e. The molecule has 2 aliphatic rings. The van der Waals surface area contributed by atoms with Crippen LogP contribution in [0.1, 0.15) is 37.8 Å². The van der Waals surface area contributed by atoms with Gasteiger partial charge in [0.05, 0.1) is 19.8 Å². The van der Waals surface area contributed by atoms with Crippen molar-refractivity contribution in [3.05, 3.63) is 65.7 Å². The molecule has 0 spiro atoms. The Morgan fingerprint density at radius 3 is 2.15 bits per heavy atom. The molecule has 214 valence electrons. The maximum absolute atomic E-state index is 13.7. The molecule has 5 atom stereocenters. The lowest BCUT2D eigenvalue weighted by atomic mass is 9.94. The standard InChI is InChI=1S/C30H37N3O7/c1-19(31-29(37)25-10-7-15-39-25)27(35)33-24(17-21-11-13-22(38-3)14-12-21)28(36)32-23(26(34)30(2)18-40-30)16-20-8-5-4-6-9-20/h4-6,8-9,11-14,19,23-25H,7,10,15-18H2,1-3H3,(H,31,37)(H,32,36)(H,33,35)/t19-,23-,24-,25-,30+/m0/s1. The summed E-state index contributed by atoms with van der Waals surface area (Å²) in [6.45, 7) is 4.06. The molecule has 2 fully saturated rings. The first-order valence-corrected chi connectivity index (χ1v) is 13.6. The van der Waals surface area contributed by atoms with E-state index in [-0.39, 0.29) is 24.5 Å². The number of rotatable bonds is 13. The monoisotopic (exact) mass is 551 g/mol. The number of ketones is 1. The number of hydrogen-bond acceptors (Lipinski definition) is 7. The Morgan fingerprint density at radius 2 is 1.55 bits per heavy atom. The first-order chi connectivity index (χ1) is 19.2. The fourth-order valence-electron chi connectivity index (χ4n) is 4.61. The molecule has 0 saturated carbocycles. The number of epoxide rings is 1. The molecule has 10 nitrogen and oxygen atoms in total. The highest BCUT2D eigenvalue weighted by molar-refractivity contribution is 5.98. The number of benzene rings is 2. The summed E-state index contributed by atoms with van der Waals surface area (Å²) in [5, 5.41) is 8.31. The number of carbonyl (C=O) groups is 4. The average Bonchev–Trinajstić information content (AvgIpc) is 3.47. The van der Waals surface area contributed by atoms with Crippen molar-refractivity contribution in [1.82, 2.24) is 16.0 Å². The van der Waals surface area contributed by atoms with Crippen LogP contribution in [0, 0.1) is 0 Å². The third-order valence-electron chi connectivity index (χ3n) is 7.22. The number of amides is 3. The van der Waals surface area contributed by atoms with Crippen molar-refractivity contribution in [3.63, 3.8) is 0 Å². The van der Waals surface area contributed by atoms with E-state index in [1.54, 1.807) is 45.2 Å². The van der Waals surface area contributed by atoms with Crippen LogP contribution in [0.4, 0.5) is 0 Å². The Kier molecular flexibility index (Phi) is 9.54. The van der Waals surface area contributed by atoms with Crippen LogP contribution in [0.2, 0.25) is 0 Å². The molecule has 4 rings (SSSR count). The van der Waals surface area contributed by atoms with Gasteiger partial charge in [-0.3, -0.25) is 19.2 Å². The van der Waals surface area contributed by atoms with Gasteiger partial charge in [-0.1, -0.05) is 42.5 Å². The lowest BCUT2D eigenvalue weighted by Crippen LogP contribution is -2.57. The van der Waals surface area contributed by atoms with E-state index in [0.717, 1.165) is 17.5 Å². The summed E-state index contributed by atoms with van der Waals surface area (Å²) < 4.78 is 16.0. The Hall–Kier alpha value is -3.76. The molecule has 0 aliphatic carbocycles. The summed E-state index contributed by atoms with van der Waals surface area (Å²) in [7, 11) is 1.56. The smallest absolute Gasteiger partial charge is 0.249 e. The van der Waals surface area contributed by atoms with Gasteiger partial charge in [0.25, 0.3) is 0 Å². The molecular weight excluding hydrogens is 514 g/mol. The Bertz CT molecular complexity index is 1190. The summed E-state index contributed by atoms with van der Waals surface area (Å²) in [6, 6.07) is 13.8. The topological polar surface area (TPSA) is 135 Å². The molecule has 0 aromatic heterocycles. The van der Waals surface area contributed by atoms with Crippen molar-refractivity contribution in [1.29, 1.82) is 0 Å². The maximum atomic E-state index is 13.7. The van der Waals surface area contributed by atoms with Crippen LogP contribution in [0.3, 0.4) is 0 Å². The number of nitrogens with one attached hydrogen (secondary N) is 3. The second-order valence-electron chi connectivity index (χ2n) is 10.5. The largest absolute Gasteiger partial charge is 0.497 e. The second-order valence-corrected chi connectivity index (χ2v) is 10.5. The van der Waals surface area contributed by atoms with Crippen molar-refractivity contribution >= 4 is 23.5 Å². The van der Waals surface area contributed by atoms with Gasteiger partial charge in [-0.25, -0.2) is 0 Å². The van der Waals surface area contributed by atoms with Gasteiger partial charge in [0.2, 0.25) is 17.7 Å². The second kappa shape index (κ2) is 13.1. The van der Waals surface area contributed by atoms with Crippen molar-refractivity contribution in [3.8, 4) is 5.75 Å². The van der Waals surface area contributed by atoms with Crippen LogP contribution in [0.5, 0.6) is 5.75 Å². The molecular formula is C30H37N3O7. The summed E-state index contributed by atoms with van der Waals surface area (Å²) in [5.41, 5.74) is 0.718. The molecule has 0 bridgehead atoms. The number of Topliss-reactive ketones (excluding diaryl/α,β-unsaturated/α-hetero) is 1. The highest BCUT2D eigenvalue weighted by Crippen LogP contribution is 2.29. The summed E-state index contributed by atoms with van der Waals surface area (Å²) in [4.78, 5) is 52.6. The zero-order valence-electron chi connectivity index (χ0n) is 23.1. The number of ether oxygens (including phenoxy) is 3. The van der Waals surface area contributed by atoms with Gasteiger partial charge in [-0.15, -0.1) is 0 Å².